The van der Waals surface area contributed by atoms with Crippen LogP contribution in [-0.4, -0.2) is 75.2 Å². The van der Waals surface area contributed by atoms with E-state index < -0.39 is 0 Å². The lowest BCUT2D eigenvalue weighted by atomic mass is 10.2. The monoisotopic (exact) mass is 383 g/mol. The summed E-state index contributed by atoms with van der Waals surface area (Å²) in [5.41, 5.74) is 2.67. The largest absolute Gasteiger partial charge is 0.497 e. The van der Waals surface area contributed by atoms with Crippen molar-refractivity contribution in [1.82, 2.24) is 14.7 Å². The van der Waals surface area contributed by atoms with Crippen molar-refractivity contribution in [3.63, 3.8) is 0 Å². The summed E-state index contributed by atoms with van der Waals surface area (Å²) in [7, 11) is 5.65. The minimum absolute atomic E-state index is 0.915. The Morgan fingerprint density at radius 1 is 0.607 bits per heavy atom. The van der Waals surface area contributed by atoms with E-state index >= 15 is 0 Å². The van der Waals surface area contributed by atoms with Crippen molar-refractivity contribution in [3.8, 4) is 11.5 Å². The molecule has 0 bridgehead atoms. The van der Waals surface area contributed by atoms with Crippen LogP contribution in [0.2, 0.25) is 0 Å². The molecule has 5 heteroatoms. The predicted molar refractivity (Wildman–Crippen MR) is 114 cm³/mol. The van der Waals surface area contributed by atoms with Gasteiger partial charge in [-0.15, -0.1) is 0 Å². The molecule has 0 radical (unpaired) electrons. The zero-order valence-electron chi connectivity index (χ0n) is 17.4. The van der Waals surface area contributed by atoms with Gasteiger partial charge in [-0.05, 0) is 42.4 Å². The Bertz CT molecular complexity index is 641. The third-order valence-corrected chi connectivity index (χ3v) is 5.46. The van der Waals surface area contributed by atoms with Crippen molar-refractivity contribution in [2.45, 2.75) is 13.1 Å². The van der Waals surface area contributed by atoms with Crippen molar-refractivity contribution in [3.05, 3.63) is 59.7 Å². The third kappa shape index (κ3) is 6.23. The first-order valence-electron chi connectivity index (χ1n) is 10.1. The van der Waals surface area contributed by atoms with Gasteiger partial charge in [0.1, 0.15) is 11.5 Å². The molecule has 1 saturated heterocycles. The lowest BCUT2D eigenvalue weighted by molar-refractivity contribution is 0.209. The van der Waals surface area contributed by atoms with Gasteiger partial charge in [-0.2, -0.15) is 0 Å². The standard InChI is InChI=1S/C23H33N3O2/c1-24-12-14-25(18-20-4-8-22(27-2)9-5-20)16-17-26(15-13-24)19-21-6-10-23(28-3)11-7-21/h4-11H,12-19H2,1-3H3. The molecule has 0 aliphatic carbocycles. The highest BCUT2D eigenvalue weighted by Gasteiger charge is 2.15. The van der Waals surface area contributed by atoms with Gasteiger partial charge in [0.2, 0.25) is 0 Å². The summed E-state index contributed by atoms with van der Waals surface area (Å²) in [4.78, 5) is 7.56. The van der Waals surface area contributed by atoms with E-state index in [9.17, 15) is 0 Å². The van der Waals surface area contributed by atoms with Gasteiger partial charge in [-0.3, -0.25) is 9.80 Å². The lowest BCUT2D eigenvalue weighted by Gasteiger charge is -2.26. The maximum atomic E-state index is 5.28. The lowest BCUT2D eigenvalue weighted by Crippen LogP contribution is -2.35. The molecule has 1 heterocycles. The number of nitrogens with zero attached hydrogens (tertiary/aromatic N) is 3. The summed E-state index contributed by atoms with van der Waals surface area (Å²) in [6, 6.07) is 16.9. The van der Waals surface area contributed by atoms with Gasteiger partial charge in [0.25, 0.3) is 0 Å². The van der Waals surface area contributed by atoms with Crippen LogP contribution in [-0.2, 0) is 13.1 Å². The number of methoxy groups -OCH3 is 2. The topological polar surface area (TPSA) is 28.2 Å². The molecular formula is C23H33N3O2. The Morgan fingerprint density at radius 2 is 0.964 bits per heavy atom. The highest BCUT2D eigenvalue weighted by atomic mass is 16.5. The molecule has 1 aliphatic rings. The van der Waals surface area contributed by atoms with Crippen molar-refractivity contribution >= 4 is 0 Å². The first-order chi connectivity index (χ1) is 13.7. The molecule has 0 aromatic heterocycles. The number of hydrogen-bond acceptors (Lipinski definition) is 5. The molecule has 1 aliphatic heterocycles. The number of rotatable bonds is 6. The predicted octanol–water partition coefficient (Wildman–Crippen LogP) is 2.95. The molecule has 0 spiro atoms. The molecule has 152 valence electrons. The fourth-order valence-corrected chi connectivity index (χ4v) is 3.54. The van der Waals surface area contributed by atoms with Crippen LogP contribution in [0.5, 0.6) is 11.5 Å². The number of likely N-dealkylation sites (N-methyl/N-ethyl adjacent to an activating group) is 1. The molecule has 0 amide bonds. The summed E-state index contributed by atoms with van der Waals surface area (Å²) in [6.07, 6.45) is 0. The van der Waals surface area contributed by atoms with E-state index in [0.717, 1.165) is 63.9 Å². The molecule has 0 atom stereocenters. The number of ether oxygens (including phenoxy) is 2. The quantitative estimate of drug-likeness (QED) is 0.765. The van der Waals surface area contributed by atoms with E-state index in [1.54, 1.807) is 14.2 Å². The van der Waals surface area contributed by atoms with E-state index in [1.165, 1.54) is 11.1 Å². The zero-order chi connectivity index (χ0) is 19.8. The van der Waals surface area contributed by atoms with Gasteiger partial charge in [0.15, 0.2) is 0 Å². The molecule has 0 N–H and O–H groups in total. The molecule has 0 unspecified atom stereocenters. The SMILES string of the molecule is COc1ccc(CN2CCN(C)CCN(Cc3ccc(OC)cc3)CC2)cc1. The second-order valence-electron chi connectivity index (χ2n) is 7.55. The number of benzene rings is 2. The summed E-state index contributed by atoms with van der Waals surface area (Å²) in [6.45, 7) is 8.52. The van der Waals surface area contributed by atoms with Crippen LogP contribution < -0.4 is 9.47 Å². The highest BCUT2D eigenvalue weighted by molar-refractivity contribution is 5.28. The van der Waals surface area contributed by atoms with Crippen LogP contribution in [0.1, 0.15) is 11.1 Å². The molecule has 1 fully saturated rings. The van der Waals surface area contributed by atoms with E-state index in [-0.39, 0.29) is 0 Å². The van der Waals surface area contributed by atoms with Crippen LogP contribution in [0.25, 0.3) is 0 Å². The number of hydrogen-bond donors (Lipinski definition) is 0. The van der Waals surface area contributed by atoms with Crippen LogP contribution in [0.15, 0.2) is 48.5 Å². The maximum Gasteiger partial charge on any atom is 0.118 e. The second-order valence-corrected chi connectivity index (χ2v) is 7.55. The van der Waals surface area contributed by atoms with Gasteiger partial charge >= 0.3 is 0 Å². The highest BCUT2D eigenvalue weighted by Crippen LogP contribution is 2.15. The van der Waals surface area contributed by atoms with Crippen LogP contribution in [0, 0.1) is 0 Å². The van der Waals surface area contributed by atoms with Gasteiger partial charge in [0, 0.05) is 52.4 Å². The molecule has 28 heavy (non-hydrogen) atoms. The van der Waals surface area contributed by atoms with Gasteiger partial charge in [0.05, 0.1) is 14.2 Å². The van der Waals surface area contributed by atoms with Gasteiger partial charge in [-0.25, -0.2) is 0 Å². The Morgan fingerprint density at radius 3 is 1.32 bits per heavy atom. The maximum absolute atomic E-state index is 5.28. The zero-order valence-corrected chi connectivity index (χ0v) is 17.4. The first-order valence-corrected chi connectivity index (χ1v) is 10.1. The fourth-order valence-electron chi connectivity index (χ4n) is 3.54. The van der Waals surface area contributed by atoms with Crippen LogP contribution in [0.3, 0.4) is 0 Å². The van der Waals surface area contributed by atoms with E-state index in [0.29, 0.717) is 0 Å². The molecule has 3 rings (SSSR count). The third-order valence-electron chi connectivity index (χ3n) is 5.46. The minimum Gasteiger partial charge on any atom is -0.497 e. The van der Waals surface area contributed by atoms with Crippen molar-refractivity contribution in [1.29, 1.82) is 0 Å². The average molecular weight is 384 g/mol. The molecular weight excluding hydrogens is 350 g/mol. The van der Waals surface area contributed by atoms with Crippen LogP contribution >= 0.6 is 0 Å². The Hall–Kier alpha value is -2.08. The Labute approximate surface area is 169 Å². The van der Waals surface area contributed by atoms with Crippen LogP contribution in [0.4, 0.5) is 0 Å². The van der Waals surface area contributed by atoms with Gasteiger partial charge < -0.3 is 14.4 Å². The average Bonchev–Trinajstić information content (AvgIpc) is 2.81. The Balaban J connectivity index is 1.61. The molecule has 5 nitrogen and oxygen atoms in total. The summed E-state index contributed by atoms with van der Waals surface area (Å²) < 4.78 is 10.6. The fraction of sp³-hybridized carbons (Fsp3) is 0.478. The summed E-state index contributed by atoms with van der Waals surface area (Å²) in [5, 5.41) is 0. The molecule has 2 aromatic carbocycles. The first kappa shape index (κ1) is 20.6. The molecule has 2 aromatic rings. The summed E-state index contributed by atoms with van der Waals surface area (Å²) >= 11 is 0. The minimum atomic E-state index is 0.915. The second kappa shape index (κ2) is 10.5. The van der Waals surface area contributed by atoms with Gasteiger partial charge in [-0.1, -0.05) is 24.3 Å². The molecule has 0 saturated carbocycles. The summed E-state index contributed by atoms with van der Waals surface area (Å²) in [5.74, 6) is 1.83. The Kier molecular flexibility index (Phi) is 7.71. The van der Waals surface area contributed by atoms with Crippen molar-refractivity contribution < 1.29 is 9.47 Å². The van der Waals surface area contributed by atoms with Crippen molar-refractivity contribution in [2.24, 2.45) is 0 Å². The normalized spacial score (nSPS) is 17.5. The van der Waals surface area contributed by atoms with E-state index in [2.05, 4.69) is 46.0 Å². The van der Waals surface area contributed by atoms with Crippen molar-refractivity contribution in [2.75, 3.05) is 60.5 Å². The van der Waals surface area contributed by atoms with E-state index in [4.69, 9.17) is 9.47 Å². The smallest absolute Gasteiger partial charge is 0.118 e. The van der Waals surface area contributed by atoms with E-state index in [1.807, 2.05) is 24.3 Å².